The van der Waals surface area contributed by atoms with Crippen LogP contribution >= 0.6 is 0 Å². The van der Waals surface area contributed by atoms with Gasteiger partial charge in [-0.25, -0.2) is 8.78 Å². The van der Waals surface area contributed by atoms with E-state index in [9.17, 15) is 13.6 Å². The second kappa shape index (κ2) is 8.10. The van der Waals surface area contributed by atoms with Crippen molar-refractivity contribution in [3.8, 4) is 0 Å². The Morgan fingerprint density at radius 2 is 2.07 bits per heavy atom. The molecule has 0 aliphatic carbocycles. The Balaban J connectivity index is 1.81. The average molecular weight is 379 g/mol. The highest BCUT2D eigenvalue weighted by Gasteiger charge is 2.30. The van der Waals surface area contributed by atoms with Crippen LogP contribution in [0.25, 0.3) is 0 Å². The minimum absolute atomic E-state index is 0.0382. The van der Waals surface area contributed by atoms with Crippen LogP contribution < -0.4 is 10.6 Å². The number of nitrogens with one attached hydrogen (secondary N) is 2. The van der Waals surface area contributed by atoms with Crippen molar-refractivity contribution in [2.24, 2.45) is 5.92 Å². The van der Waals surface area contributed by atoms with Gasteiger partial charge >= 0.3 is 0 Å². The van der Waals surface area contributed by atoms with Crippen LogP contribution in [0.2, 0.25) is 0 Å². The highest BCUT2D eigenvalue weighted by molar-refractivity contribution is 5.94. The maximum atomic E-state index is 13.9. The third kappa shape index (κ3) is 4.14. The van der Waals surface area contributed by atoms with Crippen molar-refractivity contribution in [3.05, 3.63) is 47.1 Å². The van der Waals surface area contributed by atoms with Gasteiger partial charge in [0.2, 0.25) is 5.89 Å². The first-order chi connectivity index (χ1) is 12.9. The number of rotatable bonds is 5. The monoisotopic (exact) mass is 379 g/mol. The van der Waals surface area contributed by atoms with Gasteiger partial charge in [0.1, 0.15) is 23.2 Å². The molecule has 1 aliphatic heterocycles. The molecule has 1 aromatic heterocycles. The van der Waals surface area contributed by atoms with Gasteiger partial charge in [-0.15, -0.1) is 0 Å². The van der Waals surface area contributed by atoms with E-state index < -0.39 is 29.1 Å². The minimum Gasteiger partial charge on any atom is -0.340 e. The molecule has 1 aromatic carbocycles. The lowest BCUT2D eigenvalue weighted by Gasteiger charge is -2.30. The molecule has 9 heteroatoms. The van der Waals surface area contributed by atoms with Crippen molar-refractivity contribution in [1.29, 1.82) is 0 Å². The van der Waals surface area contributed by atoms with Gasteiger partial charge in [0.05, 0.1) is 6.04 Å². The Bertz CT molecular complexity index is 791. The summed E-state index contributed by atoms with van der Waals surface area (Å²) < 4.78 is 33.1. The standard InChI is InChI=1S/C18H23F2N5O2/c1-10(2)15(22-17(26)14-11(19)5-4-6-12(14)20)18-23-16(24-27-18)13-9-21-7-8-25(13)3/h4-6,10,13,15,21H,7-9H2,1-3H3,(H,22,26). The highest BCUT2D eigenvalue weighted by atomic mass is 19.1. The lowest BCUT2D eigenvalue weighted by atomic mass is 10.0. The van der Waals surface area contributed by atoms with E-state index in [0.717, 1.165) is 25.2 Å². The fraction of sp³-hybridized carbons (Fsp3) is 0.500. The van der Waals surface area contributed by atoms with Crippen molar-refractivity contribution >= 4 is 5.91 Å². The zero-order chi connectivity index (χ0) is 19.6. The van der Waals surface area contributed by atoms with Crippen molar-refractivity contribution in [3.63, 3.8) is 0 Å². The number of piperazine rings is 1. The van der Waals surface area contributed by atoms with E-state index in [4.69, 9.17) is 4.52 Å². The van der Waals surface area contributed by atoms with Crippen LogP contribution in [0.3, 0.4) is 0 Å². The molecule has 2 heterocycles. The van der Waals surface area contributed by atoms with Gasteiger partial charge in [0.15, 0.2) is 5.82 Å². The fourth-order valence-electron chi connectivity index (χ4n) is 3.04. The number of hydrogen-bond donors (Lipinski definition) is 2. The van der Waals surface area contributed by atoms with Gasteiger partial charge in [0, 0.05) is 19.6 Å². The number of carbonyl (C=O) groups is 1. The van der Waals surface area contributed by atoms with E-state index in [1.807, 2.05) is 20.9 Å². The summed E-state index contributed by atoms with van der Waals surface area (Å²) in [6.45, 7) is 6.12. The van der Waals surface area contributed by atoms with E-state index in [0.29, 0.717) is 12.4 Å². The van der Waals surface area contributed by atoms with Crippen molar-refractivity contribution < 1.29 is 18.1 Å². The van der Waals surface area contributed by atoms with Gasteiger partial charge < -0.3 is 15.2 Å². The van der Waals surface area contributed by atoms with Crippen molar-refractivity contribution in [2.45, 2.75) is 25.9 Å². The van der Waals surface area contributed by atoms with E-state index in [2.05, 4.69) is 25.7 Å². The molecule has 2 aromatic rings. The summed E-state index contributed by atoms with van der Waals surface area (Å²) in [6.07, 6.45) is 0. The van der Waals surface area contributed by atoms with Crippen LogP contribution in [-0.2, 0) is 0 Å². The highest BCUT2D eigenvalue weighted by Crippen LogP contribution is 2.25. The first-order valence-electron chi connectivity index (χ1n) is 8.87. The molecule has 0 saturated carbocycles. The Labute approximate surface area is 156 Å². The number of likely N-dealkylation sites (N-methyl/N-ethyl adjacent to an activating group) is 1. The number of carbonyl (C=O) groups excluding carboxylic acids is 1. The molecule has 2 atom stereocenters. The average Bonchev–Trinajstić information content (AvgIpc) is 3.09. The van der Waals surface area contributed by atoms with Gasteiger partial charge in [-0.1, -0.05) is 25.1 Å². The molecular formula is C18H23F2N5O2. The molecule has 2 N–H and O–H groups in total. The van der Waals surface area contributed by atoms with Crippen LogP contribution in [0.1, 0.15) is 48.0 Å². The molecule has 27 heavy (non-hydrogen) atoms. The quantitative estimate of drug-likeness (QED) is 0.827. The molecular weight excluding hydrogens is 356 g/mol. The van der Waals surface area contributed by atoms with E-state index in [1.165, 1.54) is 6.07 Å². The lowest BCUT2D eigenvalue weighted by Crippen LogP contribution is -2.44. The summed E-state index contributed by atoms with van der Waals surface area (Å²) >= 11 is 0. The van der Waals surface area contributed by atoms with Crippen LogP contribution in [0, 0.1) is 17.6 Å². The second-order valence-electron chi connectivity index (χ2n) is 6.98. The number of benzene rings is 1. The first kappa shape index (κ1) is 19.4. The van der Waals surface area contributed by atoms with E-state index in [1.54, 1.807) is 0 Å². The van der Waals surface area contributed by atoms with Crippen molar-refractivity contribution in [1.82, 2.24) is 25.7 Å². The molecule has 0 spiro atoms. The summed E-state index contributed by atoms with van der Waals surface area (Å²) in [5.74, 6) is -2.10. The normalized spacial score (nSPS) is 19.3. The van der Waals surface area contributed by atoms with Crippen LogP contribution in [0.15, 0.2) is 22.7 Å². The number of amides is 1. The summed E-state index contributed by atoms with van der Waals surface area (Å²) in [7, 11) is 1.98. The van der Waals surface area contributed by atoms with Gasteiger partial charge in [0.25, 0.3) is 5.91 Å². The third-order valence-corrected chi connectivity index (χ3v) is 4.68. The van der Waals surface area contributed by atoms with Gasteiger partial charge in [-0.05, 0) is 25.1 Å². The lowest BCUT2D eigenvalue weighted by molar-refractivity contribution is 0.0905. The van der Waals surface area contributed by atoms with E-state index >= 15 is 0 Å². The molecule has 1 amide bonds. The zero-order valence-corrected chi connectivity index (χ0v) is 15.5. The minimum atomic E-state index is -0.920. The topological polar surface area (TPSA) is 83.3 Å². The molecule has 1 aliphatic rings. The van der Waals surface area contributed by atoms with Crippen LogP contribution in [0.5, 0.6) is 0 Å². The molecule has 0 radical (unpaired) electrons. The number of hydrogen-bond acceptors (Lipinski definition) is 6. The SMILES string of the molecule is CC(C)C(NC(=O)c1c(F)cccc1F)c1nc(C2CNCCN2C)no1. The van der Waals surface area contributed by atoms with Gasteiger partial charge in [-0.2, -0.15) is 4.98 Å². The molecule has 1 fully saturated rings. The summed E-state index contributed by atoms with van der Waals surface area (Å²) in [4.78, 5) is 19.0. The zero-order valence-electron chi connectivity index (χ0n) is 15.5. The Morgan fingerprint density at radius 1 is 1.37 bits per heavy atom. The maximum Gasteiger partial charge on any atom is 0.257 e. The smallest absolute Gasteiger partial charge is 0.257 e. The molecule has 2 unspecified atom stereocenters. The number of nitrogens with zero attached hydrogens (tertiary/aromatic N) is 3. The molecule has 1 saturated heterocycles. The summed E-state index contributed by atoms with van der Waals surface area (Å²) in [5, 5.41) is 9.93. The first-order valence-corrected chi connectivity index (χ1v) is 8.87. The molecule has 3 rings (SSSR count). The predicted molar refractivity (Wildman–Crippen MR) is 93.9 cm³/mol. The molecule has 7 nitrogen and oxygen atoms in total. The summed E-state index contributed by atoms with van der Waals surface area (Å²) in [6, 6.07) is 2.59. The Hall–Kier alpha value is -2.39. The van der Waals surface area contributed by atoms with Gasteiger partial charge in [-0.3, -0.25) is 9.69 Å². The third-order valence-electron chi connectivity index (χ3n) is 4.68. The summed E-state index contributed by atoms with van der Waals surface area (Å²) in [5.41, 5.74) is -0.626. The van der Waals surface area contributed by atoms with Crippen molar-refractivity contribution in [2.75, 3.05) is 26.7 Å². The fourth-order valence-corrected chi connectivity index (χ4v) is 3.04. The Morgan fingerprint density at radius 3 is 2.70 bits per heavy atom. The second-order valence-corrected chi connectivity index (χ2v) is 6.98. The van der Waals surface area contributed by atoms with Crippen LogP contribution in [-0.4, -0.2) is 47.6 Å². The number of halogens is 2. The maximum absolute atomic E-state index is 13.9. The Kier molecular flexibility index (Phi) is 5.81. The number of aromatic nitrogens is 2. The van der Waals surface area contributed by atoms with Crippen LogP contribution in [0.4, 0.5) is 8.78 Å². The van der Waals surface area contributed by atoms with E-state index in [-0.39, 0.29) is 17.9 Å². The molecule has 0 bridgehead atoms. The predicted octanol–water partition coefficient (Wildman–Crippen LogP) is 2.05. The largest absolute Gasteiger partial charge is 0.340 e. The molecule has 146 valence electrons.